The van der Waals surface area contributed by atoms with Crippen LogP contribution in [0, 0.1) is 13.8 Å². The van der Waals surface area contributed by atoms with Gasteiger partial charge in [0.25, 0.3) is 0 Å². The molecule has 1 aromatic rings. The Kier molecular flexibility index (Phi) is 9.64. The van der Waals surface area contributed by atoms with Gasteiger partial charge in [-0.3, -0.25) is 4.99 Å². The van der Waals surface area contributed by atoms with Gasteiger partial charge in [0.15, 0.2) is 5.96 Å². The first-order chi connectivity index (χ1) is 13.1. The van der Waals surface area contributed by atoms with Gasteiger partial charge in [-0.1, -0.05) is 36.2 Å². The van der Waals surface area contributed by atoms with Crippen LogP contribution in [0.1, 0.15) is 36.5 Å². The Morgan fingerprint density at radius 2 is 1.56 bits per heavy atom. The lowest BCUT2D eigenvalue weighted by molar-refractivity contribution is 0.136. The van der Waals surface area contributed by atoms with Crippen molar-refractivity contribution in [2.24, 2.45) is 4.99 Å². The zero-order valence-corrected chi connectivity index (χ0v) is 17.9. The zero-order valence-electron chi connectivity index (χ0n) is 17.9. The lowest BCUT2D eigenvalue weighted by Crippen LogP contribution is -2.46. The maximum absolute atomic E-state index is 4.34. The predicted octanol–water partition coefficient (Wildman–Crippen LogP) is 2.43. The minimum Gasteiger partial charge on any atom is -0.356 e. The fourth-order valence-electron chi connectivity index (χ4n) is 3.76. The third kappa shape index (κ3) is 8.31. The highest BCUT2D eigenvalue weighted by Gasteiger charge is 2.14. The normalized spacial score (nSPS) is 16.5. The Morgan fingerprint density at radius 3 is 2.19 bits per heavy atom. The standard InChI is InChI=1S/C22H39N5/c1-5-26-12-14-27(15-13-26)11-7-6-9-24-22(23-4)25-10-8-21-17-19(2)16-20(3)18-21/h16-18H,5-15H2,1-4H3,(H2,23,24,25). The second-order valence-corrected chi connectivity index (χ2v) is 7.65. The summed E-state index contributed by atoms with van der Waals surface area (Å²) in [4.78, 5) is 9.47. The van der Waals surface area contributed by atoms with E-state index in [0.717, 1.165) is 25.5 Å². The van der Waals surface area contributed by atoms with Crippen molar-refractivity contribution in [2.45, 2.75) is 40.0 Å². The Bertz CT molecular complexity index is 556. The Morgan fingerprint density at radius 1 is 0.926 bits per heavy atom. The van der Waals surface area contributed by atoms with E-state index in [0.29, 0.717) is 0 Å². The maximum atomic E-state index is 4.34. The van der Waals surface area contributed by atoms with Crippen molar-refractivity contribution in [1.29, 1.82) is 0 Å². The van der Waals surface area contributed by atoms with E-state index in [1.165, 1.54) is 68.8 Å². The Hall–Kier alpha value is -1.59. The van der Waals surface area contributed by atoms with Crippen LogP contribution >= 0.6 is 0 Å². The number of unbranched alkanes of at least 4 members (excludes halogenated alkanes) is 1. The molecule has 0 spiro atoms. The molecule has 1 aromatic carbocycles. The summed E-state index contributed by atoms with van der Waals surface area (Å²) < 4.78 is 0. The van der Waals surface area contributed by atoms with Gasteiger partial charge in [0.1, 0.15) is 0 Å². The molecule has 0 radical (unpaired) electrons. The van der Waals surface area contributed by atoms with Crippen LogP contribution in [0.15, 0.2) is 23.2 Å². The topological polar surface area (TPSA) is 42.9 Å². The quantitative estimate of drug-likeness (QED) is 0.396. The molecule has 0 unspecified atom stereocenters. The number of piperazine rings is 1. The monoisotopic (exact) mass is 373 g/mol. The first kappa shape index (κ1) is 21.7. The Balaban J connectivity index is 1.55. The molecule has 0 bridgehead atoms. The average Bonchev–Trinajstić information content (AvgIpc) is 2.66. The highest BCUT2D eigenvalue weighted by Crippen LogP contribution is 2.09. The highest BCUT2D eigenvalue weighted by atomic mass is 15.3. The van der Waals surface area contributed by atoms with Gasteiger partial charge >= 0.3 is 0 Å². The first-order valence-electron chi connectivity index (χ1n) is 10.6. The number of likely N-dealkylation sites (N-methyl/N-ethyl adjacent to an activating group) is 1. The molecule has 0 aromatic heterocycles. The van der Waals surface area contributed by atoms with E-state index in [9.17, 15) is 0 Å². The number of guanidine groups is 1. The van der Waals surface area contributed by atoms with E-state index in [1.807, 2.05) is 7.05 Å². The molecule has 1 aliphatic rings. The molecule has 5 heteroatoms. The molecule has 1 fully saturated rings. The third-order valence-corrected chi connectivity index (χ3v) is 5.32. The minimum absolute atomic E-state index is 0.907. The molecule has 2 rings (SSSR count). The van der Waals surface area contributed by atoms with Gasteiger partial charge in [-0.05, 0) is 51.8 Å². The van der Waals surface area contributed by atoms with Crippen molar-refractivity contribution in [3.8, 4) is 0 Å². The fourth-order valence-corrected chi connectivity index (χ4v) is 3.76. The predicted molar refractivity (Wildman–Crippen MR) is 117 cm³/mol. The van der Waals surface area contributed by atoms with Gasteiger partial charge in [0.2, 0.25) is 0 Å². The molecule has 0 aliphatic carbocycles. The molecular weight excluding hydrogens is 334 g/mol. The van der Waals surface area contributed by atoms with Crippen LogP contribution in [0.3, 0.4) is 0 Å². The highest BCUT2D eigenvalue weighted by molar-refractivity contribution is 5.79. The van der Waals surface area contributed by atoms with E-state index < -0.39 is 0 Å². The van der Waals surface area contributed by atoms with Crippen molar-refractivity contribution >= 4 is 5.96 Å². The maximum Gasteiger partial charge on any atom is 0.190 e. The number of nitrogens with one attached hydrogen (secondary N) is 2. The van der Waals surface area contributed by atoms with Gasteiger partial charge in [-0.2, -0.15) is 0 Å². The van der Waals surface area contributed by atoms with E-state index >= 15 is 0 Å². The number of hydrogen-bond donors (Lipinski definition) is 2. The van der Waals surface area contributed by atoms with Crippen LogP contribution < -0.4 is 10.6 Å². The Labute approximate surface area is 166 Å². The summed E-state index contributed by atoms with van der Waals surface area (Å²) in [6, 6.07) is 6.76. The summed E-state index contributed by atoms with van der Waals surface area (Å²) in [6.07, 6.45) is 3.46. The third-order valence-electron chi connectivity index (χ3n) is 5.32. The van der Waals surface area contributed by atoms with Crippen LogP contribution in [0.5, 0.6) is 0 Å². The van der Waals surface area contributed by atoms with Gasteiger partial charge in [0, 0.05) is 46.3 Å². The molecule has 152 valence electrons. The van der Waals surface area contributed by atoms with Crippen molar-refractivity contribution < 1.29 is 0 Å². The summed E-state index contributed by atoms with van der Waals surface area (Å²) in [7, 11) is 1.85. The zero-order chi connectivity index (χ0) is 19.5. The summed E-state index contributed by atoms with van der Waals surface area (Å²) in [6.45, 7) is 15.8. The summed E-state index contributed by atoms with van der Waals surface area (Å²) >= 11 is 0. The van der Waals surface area contributed by atoms with Crippen molar-refractivity contribution in [2.75, 3.05) is 59.4 Å². The number of hydrogen-bond acceptors (Lipinski definition) is 3. The van der Waals surface area contributed by atoms with Crippen molar-refractivity contribution in [3.63, 3.8) is 0 Å². The molecule has 1 heterocycles. The van der Waals surface area contributed by atoms with E-state index in [4.69, 9.17) is 0 Å². The summed E-state index contributed by atoms with van der Waals surface area (Å²) in [5.41, 5.74) is 4.06. The van der Waals surface area contributed by atoms with Gasteiger partial charge in [-0.15, -0.1) is 0 Å². The van der Waals surface area contributed by atoms with Gasteiger partial charge in [0.05, 0.1) is 0 Å². The van der Waals surface area contributed by atoms with E-state index in [2.05, 4.69) is 64.4 Å². The number of nitrogens with zero attached hydrogens (tertiary/aromatic N) is 3. The molecule has 1 aliphatic heterocycles. The largest absolute Gasteiger partial charge is 0.356 e. The van der Waals surface area contributed by atoms with Gasteiger partial charge in [-0.25, -0.2) is 0 Å². The lowest BCUT2D eigenvalue weighted by atomic mass is 10.1. The number of aliphatic imine (C=N–C) groups is 1. The fraction of sp³-hybridized carbons (Fsp3) is 0.682. The van der Waals surface area contributed by atoms with Crippen LogP contribution in [0.2, 0.25) is 0 Å². The summed E-state index contributed by atoms with van der Waals surface area (Å²) in [5.74, 6) is 0.913. The van der Waals surface area contributed by atoms with Crippen LogP contribution in [-0.2, 0) is 6.42 Å². The van der Waals surface area contributed by atoms with Crippen LogP contribution in [0.4, 0.5) is 0 Å². The number of rotatable bonds is 9. The summed E-state index contributed by atoms with van der Waals surface area (Å²) in [5, 5.41) is 6.88. The van der Waals surface area contributed by atoms with Crippen LogP contribution in [-0.4, -0.2) is 75.2 Å². The molecule has 0 amide bonds. The molecule has 5 nitrogen and oxygen atoms in total. The van der Waals surface area contributed by atoms with E-state index in [-0.39, 0.29) is 0 Å². The van der Waals surface area contributed by atoms with Crippen molar-refractivity contribution in [1.82, 2.24) is 20.4 Å². The van der Waals surface area contributed by atoms with Gasteiger partial charge < -0.3 is 20.4 Å². The number of benzene rings is 1. The molecule has 0 saturated carbocycles. The molecule has 2 N–H and O–H groups in total. The smallest absolute Gasteiger partial charge is 0.190 e. The molecule has 27 heavy (non-hydrogen) atoms. The second-order valence-electron chi connectivity index (χ2n) is 7.65. The van der Waals surface area contributed by atoms with E-state index in [1.54, 1.807) is 0 Å². The first-order valence-corrected chi connectivity index (χ1v) is 10.6. The number of aryl methyl sites for hydroxylation is 2. The average molecular weight is 374 g/mol. The second kappa shape index (κ2) is 12.0. The van der Waals surface area contributed by atoms with Crippen LogP contribution in [0.25, 0.3) is 0 Å². The lowest BCUT2D eigenvalue weighted by Gasteiger charge is -2.34. The molecule has 1 saturated heterocycles. The molecule has 0 atom stereocenters. The SMILES string of the molecule is CCN1CCN(CCCCNC(=NC)NCCc2cc(C)cc(C)c2)CC1. The molecular formula is C22H39N5. The van der Waals surface area contributed by atoms with Crippen molar-refractivity contribution in [3.05, 3.63) is 34.9 Å². The minimum atomic E-state index is 0.907.